The summed E-state index contributed by atoms with van der Waals surface area (Å²) < 4.78 is 10.3. The molecule has 0 radical (unpaired) electrons. The number of esters is 1. The number of carbonyl (C=O) groups is 2. The number of amides is 1. The van der Waals surface area contributed by atoms with Crippen molar-refractivity contribution in [2.45, 2.75) is 26.0 Å². The van der Waals surface area contributed by atoms with E-state index < -0.39 is 18.1 Å². The number of aromatic nitrogens is 1. The maximum Gasteiger partial charge on any atom is 0.407 e. The first-order valence-corrected chi connectivity index (χ1v) is 8.86. The fraction of sp³-hybridized carbons (Fsp3) is 0.238. The quantitative estimate of drug-likeness (QED) is 0.627. The van der Waals surface area contributed by atoms with E-state index in [1.807, 2.05) is 60.8 Å². The lowest BCUT2D eigenvalue weighted by Crippen LogP contribution is -2.43. The largest absolute Gasteiger partial charge is 0.459 e. The van der Waals surface area contributed by atoms with E-state index in [0.29, 0.717) is 6.42 Å². The van der Waals surface area contributed by atoms with E-state index in [1.54, 1.807) is 6.92 Å². The molecule has 2 aromatic carbocycles. The number of benzene rings is 2. The van der Waals surface area contributed by atoms with Gasteiger partial charge in [0, 0.05) is 23.5 Å². The average Bonchev–Trinajstić information content (AvgIpc) is 3.09. The predicted molar refractivity (Wildman–Crippen MR) is 102 cm³/mol. The fourth-order valence-corrected chi connectivity index (χ4v) is 2.86. The van der Waals surface area contributed by atoms with Crippen LogP contribution in [0, 0.1) is 0 Å². The van der Waals surface area contributed by atoms with Crippen molar-refractivity contribution in [3.05, 3.63) is 71.9 Å². The normalized spacial score (nSPS) is 11.7. The summed E-state index contributed by atoms with van der Waals surface area (Å²) in [5.74, 6) is -0.503. The van der Waals surface area contributed by atoms with Gasteiger partial charge in [0.05, 0.1) is 6.61 Å². The van der Waals surface area contributed by atoms with E-state index in [-0.39, 0.29) is 13.2 Å². The standard InChI is InChI=1S/C21H22N2O4/c1-2-26-21(25)23-19(20(24)27-14-15-8-4-3-5-9-15)12-16-13-22-18-11-7-6-10-17(16)18/h3-11,13,19,22H,2,12,14H2,1H3,(H,23,25). The molecule has 1 atom stereocenters. The predicted octanol–water partition coefficient (Wildman–Crippen LogP) is 3.57. The number of para-hydroxylation sites is 1. The summed E-state index contributed by atoms with van der Waals surface area (Å²) in [5.41, 5.74) is 2.77. The van der Waals surface area contributed by atoms with Crippen molar-refractivity contribution in [2.75, 3.05) is 6.61 Å². The van der Waals surface area contributed by atoms with Crippen LogP contribution in [0.5, 0.6) is 0 Å². The Labute approximate surface area is 157 Å². The number of aromatic amines is 1. The summed E-state index contributed by atoms with van der Waals surface area (Å²) in [5, 5.41) is 3.61. The molecule has 0 fully saturated rings. The molecule has 140 valence electrons. The third kappa shape index (κ3) is 4.88. The SMILES string of the molecule is CCOC(=O)NC(Cc1c[nH]c2ccccc12)C(=O)OCc1ccccc1. The zero-order valence-corrected chi connectivity index (χ0v) is 15.1. The van der Waals surface area contributed by atoms with Crippen molar-refractivity contribution >= 4 is 23.0 Å². The van der Waals surface area contributed by atoms with Crippen molar-refractivity contribution < 1.29 is 19.1 Å². The van der Waals surface area contributed by atoms with Crippen molar-refractivity contribution in [1.82, 2.24) is 10.3 Å². The zero-order chi connectivity index (χ0) is 19.1. The van der Waals surface area contributed by atoms with Gasteiger partial charge in [0.15, 0.2) is 0 Å². The summed E-state index contributed by atoms with van der Waals surface area (Å²) in [7, 11) is 0. The molecular formula is C21H22N2O4. The molecule has 0 saturated heterocycles. The van der Waals surface area contributed by atoms with Gasteiger partial charge in [-0.05, 0) is 24.1 Å². The molecule has 1 heterocycles. The molecule has 6 heteroatoms. The minimum Gasteiger partial charge on any atom is -0.459 e. The van der Waals surface area contributed by atoms with Gasteiger partial charge in [0.1, 0.15) is 12.6 Å². The van der Waals surface area contributed by atoms with Gasteiger partial charge in [-0.2, -0.15) is 0 Å². The highest BCUT2D eigenvalue weighted by Gasteiger charge is 2.24. The van der Waals surface area contributed by atoms with Crippen LogP contribution in [0.25, 0.3) is 10.9 Å². The first-order chi connectivity index (χ1) is 13.2. The Hall–Kier alpha value is -3.28. The average molecular weight is 366 g/mol. The number of fused-ring (bicyclic) bond motifs is 1. The molecule has 2 N–H and O–H groups in total. The molecule has 1 aromatic heterocycles. The third-order valence-electron chi connectivity index (χ3n) is 4.17. The second-order valence-corrected chi connectivity index (χ2v) is 6.07. The second kappa shape index (κ2) is 8.89. The number of carbonyl (C=O) groups excluding carboxylic acids is 2. The van der Waals surface area contributed by atoms with E-state index in [2.05, 4.69) is 10.3 Å². The van der Waals surface area contributed by atoms with Gasteiger partial charge in [-0.3, -0.25) is 0 Å². The van der Waals surface area contributed by atoms with Crippen LogP contribution < -0.4 is 5.32 Å². The molecule has 1 unspecified atom stereocenters. The Morgan fingerprint density at radius 3 is 2.56 bits per heavy atom. The Balaban J connectivity index is 1.73. The Morgan fingerprint density at radius 1 is 1.04 bits per heavy atom. The topological polar surface area (TPSA) is 80.4 Å². The Kier molecular flexibility index (Phi) is 6.10. The summed E-state index contributed by atoms with van der Waals surface area (Å²) in [4.78, 5) is 27.7. The fourth-order valence-electron chi connectivity index (χ4n) is 2.86. The van der Waals surface area contributed by atoms with Crippen LogP contribution in [-0.4, -0.2) is 29.7 Å². The van der Waals surface area contributed by atoms with Crippen LogP contribution in [0.3, 0.4) is 0 Å². The highest BCUT2D eigenvalue weighted by molar-refractivity contribution is 5.86. The van der Waals surface area contributed by atoms with E-state index in [4.69, 9.17) is 9.47 Å². The molecule has 0 aliphatic carbocycles. The van der Waals surface area contributed by atoms with E-state index in [0.717, 1.165) is 22.0 Å². The maximum atomic E-state index is 12.6. The van der Waals surface area contributed by atoms with Crippen LogP contribution in [0.4, 0.5) is 4.79 Å². The summed E-state index contributed by atoms with van der Waals surface area (Å²) >= 11 is 0. The number of hydrogen-bond donors (Lipinski definition) is 2. The number of alkyl carbamates (subject to hydrolysis) is 1. The first kappa shape index (κ1) is 18.5. The third-order valence-corrected chi connectivity index (χ3v) is 4.17. The van der Waals surface area contributed by atoms with Crippen LogP contribution in [0.15, 0.2) is 60.8 Å². The number of rotatable bonds is 7. The molecule has 27 heavy (non-hydrogen) atoms. The molecule has 0 aliphatic rings. The lowest BCUT2D eigenvalue weighted by atomic mass is 10.1. The van der Waals surface area contributed by atoms with Gasteiger partial charge >= 0.3 is 12.1 Å². The number of H-pyrrole nitrogens is 1. The molecule has 3 aromatic rings. The van der Waals surface area contributed by atoms with Crippen molar-refractivity contribution in [1.29, 1.82) is 0 Å². The summed E-state index contributed by atoms with van der Waals surface area (Å²) in [6, 6.07) is 16.4. The van der Waals surface area contributed by atoms with Crippen molar-refractivity contribution in [2.24, 2.45) is 0 Å². The number of hydrogen-bond acceptors (Lipinski definition) is 4. The van der Waals surface area contributed by atoms with Crippen molar-refractivity contribution in [3.8, 4) is 0 Å². The van der Waals surface area contributed by atoms with Gasteiger partial charge in [0.2, 0.25) is 0 Å². The summed E-state index contributed by atoms with van der Waals surface area (Å²) in [6.07, 6.45) is 1.50. The van der Waals surface area contributed by atoms with Crippen LogP contribution in [0.2, 0.25) is 0 Å². The Morgan fingerprint density at radius 2 is 1.78 bits per heavy atom. The van der Waals surface area contributed by atoms with Gasteiger partial charge in [-0.1, -0.05) is 48.5 Å². The monoisotopic (exact) mass is 366 g/mol. The van der Waals surface area contributed by atoms with Crippen molar-refractivity contribution in [3.63, 3.8) is 0 Å². The molecule has 6 nitrogen and oxygen atoms in total. The van der Waals surface area contributed by atoms with Gasteiger partial charge in [-0.25, -0.2) is 9.59 Å². The molecule has 0 saturated carbocycles. The van der Waals surface area contributed by atoms with Gasteiger partial charge in [-0.15, -0.1) is 0 Å². The number of ether oxygens (including phenoxy) is 2. The highest BCUT2D eigenvalue weighted by Crippen LogP contribution is 2.19. The minimum absolute atomic E-state index is 0.147. The molecule has 0 spiro atoms. The maximum absolute atomic E-state index is 12.6. The minimum atomic E-state index is -0.841. The van der Waals surface area contributed by atoms with E-state index in [1.165, 1.54) is 0 Å². The van der Waals surface area contributed by atoms with Gasteiger partial charge in [0.25, 0.3) is 0 Å². The summed E-state index contributed by atoms with van der Waals surface area (Å²) in [6.45, 7) is 2.08. The first-order valence-electron chi connectivity index (χ1n) is 8.86. The van der Waals surface area contributed by atoms with Crippen LogP contribution in [-0.2, 0) is 27.3 Å². The number of nitrogens with one attached hydrogen (secondary N) is 2. The molecule has 3 rings (SSSR count). The van der Waals surface area contributed by atoms with Crippen LogP contribution >= 0.6 is 0 Å². The lowest BCUT2D eigenvalue weighted by molar-refractivity contribution is -0.147. The Bertz CT molecular complexity index is 905. The second-order valence-electron chi connectivity index (χ2n) is 6.07. The van der Waals surface area contributed by atoms with Crippen LogP contribution in [0.1, 0.15) is 18.1 Å². The molecule has 0 bridgehead atoms. The molecule has 0 aliphatic heterocycles. The smallest absolute Gasteiger partial charge is 0.407 e. The lowest BCUT2D eigenvalue weighted by Gasteiger charge is -2.17. The zero-order valence-electron chi connectivity index (χ0n) is 15.1. The molecular weight excluding hydrogens is 344 g/mol. The van der Waals surface area contributed by atoms with E-state index >= 15 is 0 Å². The van der Waals surface area contributed by atoms with Gasteiger partial charge < -0.3 is 19.8 Å². The van der Waals surface area contributed by atoms with E-state index in [9.17, 15) is 9.59 Å². The molecule has 1 amide bonds. The highest BCUT2D eigenvalue weighted by atomic mass is 16.6.